The van der Waals surface area contributed by atoms with Gasteiger partial charge in [-0.15, -0.1) is 24.2 Å². The molecule has 3 rings (SSSR count). The third-order valence-corrected chi connectivity index (χ3v) is 5.25. The second-order valence-electron chi connectivity index (χ2n) is 5.95. The van der Waals surface area contributed by atoms with E-state index in [1.807, 2.05) is 42.3 Å². The maximum absolute atomic E-state index is 12.3. The Hall–Kier alpha value is -1.50. The highest BCUT2D eigenvalue weighted by atomic mass is 35.5. The first-order valence-electron chi connectivity index (χ1n) is 8.29. The van der Waals surface area contributed by atoms with Gasteiger partial charge in [0.1, 0.15) is 6.26 Å². The third kappa shape index (κ3) is 5.49. The fourth-order valence-electron chi connectivity index (χ4n) is 2.84. The summed E-state index contributed by atoms with van der Waals surface area (Å²) in [7, 11) is 1.99. The molecule has 0 atom stereocenters. The number of amides is 1. The van der Waals surface area contributed by atoms with Crippen molar-refractivity contribution in [1.29, 1.82) is 0 Å². The van der Waals surface area contributed by atoms with Crippen molar-refractivity contribution < 1.29 is 9.21 Å². The van der Waals surface area contributed by atoms with Gasteiger partial charge in [-0.25, -0.2) is 4.98 Å². The Balaban J connectivity index is 0.00000225. The molecule has 1 aliphatic heterocycles. The minimum atomic E-state index is 0. The molecule has 7 heteroatoms. The average Bonchev–Trinajstić information content (AvgIpc) is 3.11. The normalized spacial score (nSPS) is 15.0. The van der Waals surface area contributed by atoms with Crippen LogP contribution in [0.25, 0.3) is 11.5 Å². The number of oxazole rings is 1. The Bertz CT molecular complexity index is 657. The monoisotopic (exact) mass is 381 g/mol. The molecule has 1 saturated heterocycles. The van der Waals surface area contributed by atoms with E-state index in [2.05, 4.69) is 10.3 Å². The maximum Gasteiger partial charge on any atom is 0.232 e. The van der Waals surface area contributed by atoms with Crippen molar-refractivity contribution in [2.45, 2.75) is 24.6 Å². The van der Waals surface area contributed by atoms with E-state index >= 15 is 0 Å². The Morgan fingerprint density at radius 2 is 2.04 bits per heavy atom. The van der Waals surface area contributed by atoms with E-state index in [0.29, 0.717) is 23.4 Å². The lowest BCUT2D eigenvalue weighted by Crippen LogP contribution is -2.44. The zero-order valence-corrected chi connectivity index (χ0v) is 15.9. The van der Waals surface area contributed by atoms with Crippen molar-refractivity contribution in [1.82, 2.24) is 15.2 Å². The molecule has 5 nitrogen and oxygen atoms in total. The molecule has 0 aliphatic carbocycles. The first-order valence-corrected chi connectivity index (χ1v) is 9.44. The molecule has 25 heavy (non-hydrogen) atoms. The number of thioether (sulfide) groups is 1. The molecule has 2 aromatic rings. The summed E-state index contributed by atoms with van der Waals surface area (Å²) in [5, 5.41) is 3.28. The fraction of sp³-hybridized carbons (Fsp3) is 0.444. The van der Waals surface area contributed by atoms with E-state index in [1.54, 1.807) is 18.0 Å². The SMILES string of the molecule is CNC1CCN(C(=O)CSCc2coc(-c3ccccc3)n2)CC1.Cl. The summed E-state index contributed by atoms with van der Waals surface area (Å²) in [4.78, 5) is 18.7. The number of carbonyl (C=O) groups is 1. The third-order valence-electron chi connectivity index (χ3n) is 4.30. The van der Waals surface area contributed by atoms with E-state index in [4.69, 9.17) is 4.42 Å². The molecule has 0 spiro atoms. The van der Waals surface area contributed by atoms with Crippen molar-refractivity contribution in [3.63, 3.8) is 0 Å². The summed E-state index contributed by atoms with van der Waals surface area (Å²) in [6, 6.07) is 10.4. The Labute approximate surface area is 159 Å². The van der Waals surface area contributed by atoms with Crippen LogP contribution in [0.1, 0.15) is 18.5 Å². The number of piperidine rings is 1. The van der Waals surface area contributed by atoms with E-state index in [9.17, 15) is 4.79 Å². The summed E-state index contributed by atoms with van der Waals surface area (Å²) < 4.78 is 5.52. The predicted octanol–water partition coefficient (Wildman–Crippen LogP) is 3.21. The highest BCUT2D eigenvalue weighted by Crippen LogP contribution is 2.21. The zero-order valence-electron chi connectivity index (χ0n) is 14.3. The van der Waals surface area contributed by atoms with Crippen molar-refractivity contribution in [3.05, 3.63) is 42.3 Å². The molecule has 1 aromatic carbocycles. The van der Waals surface area contributed by atoms with Crippen molar-refractivity contribution >= 4 is 30.1 Å². The van der Waals surface area contributed by atoms with Crippen molar-refractivity contribution in [3.8, 4) is 11.5 Å². The predicted molar refractivity (Wildman–Crippen MR) is 104 cm³/mol. The summed E-state index contributed by atoms with van der Waals surface area (Å²) in [5.74, 6) is 2.04. The van der Waals surface area contributed by atoms with E-state index in [-0.39, 0.29) is 18.3 Å². The van der Waals surface area contributed by atoms with Gasteiger partial charge < -0.3 is 14.6 Å². The molecule has 0 saturated carbocycles. The van der Waals surface area contributed by atoms with Crippen LogP contribution in [0, 0.1) is 0 Å². The molecule has 2 heterocycles. The Morgan fingerprint density at radius 3 is 2.72 bits per heavy atom. The lowest BCUT2D eigenvalue weighted by Gasteiger charge is -2.31. The van der Waals surface area contributed by atoms with Crippen molar-refractivity contribution in [2.75, 3.05) is 25.9 Å². The molecular formula is C18H24ClN3O2S. The second kappa shape index (κ2) is 9.85. The summed E-state index contributed by atoms with van der Waals surface area (Å²) in [6.45, 7) is 1.71. The molecule has 0 unspecified atom stereocenters. The van der Waals surface area contributed by atoms with Crippen LogP contribution in [0.15, 0.2) is 41.0 Å². The highest BCUT2D eigenvalue weighted by Gasteiger charge is 2.21. The van der Waals surface area contributed by atoms with Gasteiger partial charge in [-0.3, -0.25) is 4.79 Å². The van der Waals surface area contributed by atoms with Crippen molar-refractivity contribution in [2.24, 2.45) is 0 Å². The fourth-order valence-corrected chi connectivity index (χ4v) is 3.64. The number of hydrogen-bond donors (Lipinski definition) is 1. The lowest BCUT2D eigenvalue weighted by molar-refractivity contribution is -0.129. The molecule has 1 aliphatic rings. The number of benzene rings is 1. The molecule has 1 fully saturated rings. The molecule has 136 valence electrons. The topological polar surface area (TPSA) is 58.4 Å². The first-order chi connectivity index (χ1) is 11.8. The van der Waals surface area contributed by atoms with Gasteiger partial charge >= 0.3 is 0 Å². The largest absolute Gasteiger partial charge is 0.444 e. The molecule has 1 N–H and O–H groups in total. The number of rotatable bonds is 6. The molecular weight excluding hydrogens is 358 g/mol. The Morgan fingerprint density at radius 1 is 1.32 bits per heavy atom. The maximum atomic E-state index is 12.3. The number of hydrogen-bond acceptors (Lipinski definition) is 5. The van der Waals surface area contributed by atoms with Gasteiger partial charge in [0, 0.05) is 30.4 Å². The minimum Gasteiger partial charge on any atom is -0.444 e. The number of nitrogens with zero attached hydrogens (tertiary/aromatic N) is 2. The molecule has 0 bridgehead atoms. The van der Waals surface area contributed by atoms with Crippen LogP contribution in [0.3, 0.4) is 0 Å². The lowest BCUT2D eigenvalue weighted by atomic mass is 10.1. The molecule has 0 radical (unpaired) electrons. The van der Waals surface area contributed by atoms with Crippen LogP contribution in [0.2, 0.25) is 0 Å². The summed E-state index contributed by atoms with van der Waals surface area (Å²) in [5.41, 5.74) is 1.85. The van der Waals surface area contributed by atoms with Crippen LogP contribution >= 0.6 is 24.2 Å². The van der Waals surface area contributed by atoms with E-state index < -0.39 is 0 Å². The number of halogens is 1. The van der Waals surface area contributed by atoms with Gasteiger partial charge in [0.2, 0.25) is 11.8 Å². The summed E-state index contributed by atoms with van der Waals surface area (Å²) in [6.07, 6.45) is 3.76. The van der Waals surface area contributed by atoms with Crippen LogP contribution in [-0.4, -0.2) is 47.7 Å². The summed E-state index contributed by atoms with van der Waals surface area (Å²) >= 11 is 1.59. The first kappa shape index (κ1) is 19.8. The number of nitrogens with one attached hydrogen (secondary N) is 1. The van der Waals surface area contributed by atoms with Crippen LogP contribution in [0.4, 0.5) is 0 Å². The van der Waals surface area contributed by atoms with Gasteiger partial charge in [0.15, 0.2) is 0 Å². The van der Waals surface area contributed by atoms with Crippen LogP contribution in [-0.2, 0) is 10.5 Å². The van der Waals surface area contributed by atoms with Gasteiger partial charge in [0.25, 0.3) is 0 Å². The zero-order chi connectivity index (χ0) is 16.8. The number of aromatic nitrogens is 1. The molecule has 1 amide bonds. The average molecular weight is 382 g/mol. The van der Waals surface area contributed by atoms with E-state index in [0.717, 1.165) is 37.2 Å². The number of carbonyl (C=O) groups excluding carboxylic acids is 1. The Kier molecular flexibility index (Phi) is 7.81. The minimum absolute atomic E-state index is 0. The van der Waals surface area contributed by atoms with Gasteiger partial charge in [-0.2, -0.15) is 0 Å². The molecule has 1 aromatic heterocycles. The highest BCUT2D eigenvalue weighted by molar-refractivity contribution is 7.99. The van der Waals surface area contributed by atoms with E-state index in [1.165, 1.54) is 0 Å². The standard InChI is InChI=1S/C18H23N3O2S.ClH/c1-19-15-7-9-21(10-8-15)17(22)13-24-12-16-11-23-18(20-16)14-5-3-2-4-6-14;/h2-6,11,15,19H,7-10,12-13H2,1H3;1H. The smallest absolute Gasteiger partial charge is 0.232 e. The quantitative estimate of drug-likeness (QED) is 0.832. The van der Waals surface area contributed by atoms with Crippen LogP contribution < -0.4 is 5.32 Å². The van der Waals surface area contributed by atoms with Gasteiger partial charge in [0.05, 0.1) is 11.4 Å². The van der Waals surface area contributed by atoms with Crippen LogP contribution in [0.5, 0.6) is 0 Å². The van der Waals surface area contributed by atoms with Gasteiger partial charge in [-0.1, -0.05) is 18.2 Å². The second-order valence-corrected chi connectivity index (χ2v) is 6.93. The van der Waals surface area contributed by atoms with Gasteiger partial charge in [-0.05, 0) is 32.0 Å². The number of likely N-dealkylation sites (tertiary alicyclic amines) is 1.